The molecule has 1 aliphatic rings. The molecule has 1 atom stereocenters. The summed E-state index contributed by atoms with van der Waals surface area (Å²) in [7, 11) is 0. The van der Waals surface area contributed by atoms with Gasteiger partial charge in [0.05, 0.1) is 12.2 Å². The van der Waals surface area contributed by atoms with Crippen LogP contribution >= 0.6 is 15.9 Å². The van der Waals surface area contributed by atoms with Crippen molar-refractivity contribution in [1.82, 2.24) is 4.90 Å². The van der Waals surface area contributed by atoms with Gasteiger partial charge in [0.15, 0.2) is 0 Å². The first-order chi connectivity index (χ1) is 14.1. The van der Waals surface area contributed by atoms with Crippen molar-refractivity contribution in [1.29, 1.82) is 0 Å². The summed E-state index contributed by atoms with van der Waals surface area (Å²) >= 11 is 3.43. The SMILES string of the molecule is CCCCCCCCCCCCOC(=O)C1CCCN1C(=O)c1ccccc1Br. The number of amides is 1. The van der Waals surface area contributed by atoms with Gasteiger partial charge in [-0.3, -0.25) is 4.79 Å². The first-order valence-corrected chi connectivity index (χ1v) is 12.2. The highest BCUT2D eigenvalue weighted by atomic mass is 79.9. The zero-order chi connectivity index (χ0) is 20.9. The summed E-state index contributed by atoms with van der Waals surface area (Å²) in [6.07, 6.45) is 14.1. The van der Waals surface area contributed by atoms with Crippen LogP contribution in [0.4, 0.5) is 0 Å². The van der Waals surface area contributed by atoms with Crippen LogP contribution in [0.15, 0.2) is 28.7 Å². The molecule has 0 aromatic heterocycles. The zero-order valence-electron chi connectivity index (χ0n) is 17.8. The molecule has 0 bridgehead atoms. The van der Waals surface area contributed by atoms with Gasteiger partial charge >= 0.3 is 5.97 Å². The minimum Gasteiger partial charge on any atom is -0.464 e. The molecule has 1 aromatic rings. The molecule has 0 spiro atoms. The Hall–Kier alpha value is -1.36. The van der Waals surface area contributed by atoms with Crippen molar-refractivity contribution in [2.75, 3.05) is 13.2 Å². The lowest BCUT2D eigenvalue weighted by Gasteiger charge is -2.23. The van der Waals surface area contributed by atoms with E-state index in [1.807, 2.05) is 18.2 Å². The first-order valence-electron chi connectivity index (χ1n) is 11.4. The number of esters is 1. The van der Waals surface area contributed by atoms with Crippen LogP contribution < -0.4 is 0 Å². The summed E-state index contributed by atoms with van der Waals surface area (Å²) in [4.78, 5) is 27.0. The number of rotatable bonds is 13. The molecule has 0 N–H and O–H groups in total. The fourth-order valence-corrected chi connectivity index (χ4v) is 4.36. The second-order valence-corrected chi connectivity index (χ2v) is 8.84. The third kappa shape index (κ3) is 8.12. The van der Waals surface area contributed by atoms with Crippen molar-refractivity contribution in [3.63, 3.8) is 0 Å². The van der Waals surface area contributed by atoms with Crippen molar-refractivity contribution in [2.24, 2.45) is 0 Å². The average molecular weight is 466 g/mol. The van der Waals surface area contributed by atoms with Gasteiger partial charge < -0.3 is 9.64 Å². The van der Waals surface area contributed by atoms with Gasteiger partial charge in [-0.1, -0.05) is 76.8 Å². The largest absolute Gasteiger partial charge is 0.464 e. The smallest absolute Gasteiger partial charge is 0.328 e. The second kappa shape index (κ2) is 13.8. The van der Waals surface area contributed by atoms with Crippen LogP contribution in [0, 0.1) is 0 Å². The van der Waals surface area contributed by atoms with Crippen molar-refractivity contribution < 1.29 is 14.3 Å². The summed E-state index contributed by atoms with van der Waals surface area (Å²) in [5.74, 6) is -0.352. The molecule has 5 heteroatoms. The van der Waals surface area contributed by atoms with Crippen LogP contribution in [0.25, 0.3) is 0 Å². The van der Waals surface area contributed by atoms with Crippen molar-refractivity contribution in [2.45, 2.75) is 90.0 Å². The van der Waals surface area contributed by atoms with Crippen molar-refractivity contribution in [3.05, 3.63) is 34.3 Å². The summed E-state index contributed by atoms with van der Waals surface area (Å²) < 4.78 is 6.26. The number of hydrogen-bond acceptors (Lipinski definition) is 3. The van der Waals surface area contributed by atoms with E-state index in [-0.39, 0.29) is 11.9 Å². The summed E-state index contributed by atoms with van der Waals surface area (Å²) in [5.41, 5.74) is 0.599. The molecule has 29 heavy (non-hydrogen) atoms. The maximum absolute atomic E-state index is 12.8. The van der Waals surface area contributed by atoms with E-state index in [4.69, 9.17) is 4.74 Å². The number of carbonyl (C=O) groups excluding carboxylic acids is 2. The Morgan fingerprint density at radius 3 is 2.28 bits per heavy atom. The van der Waals surface area contributed by atoms with Gasteiger partial charge in [-0.2, -0.15) is 0 Å². The van der Waals surface area contributed by atoms with E-state index in [0.29, 0.717) is 25.1 Å². The van der Waals surface area contributed by atoms with E-state index in [2.05, 4.69) is 22.9 Å². The average Bonchev–Trinajstić information content (AvgIpc) is 3.22. The lowest BCUT2D eigenvalue weighted by molar-refractivity contribution is -0.148. The van der Waals surface area contributed by atoms with Gasteiger partial charge in [0.2, 0.25) is 0 Å². The molecule has 1 amide bonds. The lowest BCUT2D eigenvalue weighted by Crippen LogP contribution is -2.41. The summed E-state index contributed by atoms with van der Waals surface area (Å²) in [5, 5.41) is 0. The van der Waals surface area contributed by atoms with Crippen molar-refractivity contribution in [3.8, 4) is 0 Å². The number of carbonyl (C=O) groups is 2. The lowest BCUT2D eigenvalue weighted by atomic mass is 10.1. The Labute approximate surface area is 184 Å². The van der Waals surface area contributed by atoms with Gasteiger partial charge in [-0.25, -0.2) is 4.79 Å². The highest BCUT2D eigenvalue weighted by molar-refractivity contribution is 9.10. The number of nitrogens with zero attached hydrogens (tertiary/aromatic N) is 1. The molecule has 1 saturated heterocycles. The predicted molar refractivity (Wildman–Crippen MR) is 121 cm³/mol. The summed E-state index contributed by atoms with van der Waals surface area (Å²) in [6, 6.07) is 6.91. The fourth-order valence-electron chi connectivity index (χ4n) is 3.90. The van der Waals surface area contributed by atoms with E-state index >= 15 is 0 Å². The molecule has 1 unspecified atom stereocenters. The quantitative estimate of drug-likeness (QED) is 0.246. The fraction of sp³-hybridized carbons (Fsp3) is 0.667. The first kappa shape index (κ1) is 23.9. The Balaban J connectivity index is 1.62. The Bertz CT molecular complexity index is 634. The molecule has 1 heterocycles. The maximum Gasteiger partial charge on any atom is 0.328 e. The predicted octanol–water partition coefficient (Wildman–Crippen LogP) is 6.52. The second-order valence-electron chi connectivity index (χ2n) is 7.99. The Morgan fingerprint density at radius 1 is 1.00 bits per heavy atom. The molecule has 0 aliphatic carbocycles. The highest BCUT2D eigenvalue weighted by Crippen LogP contribution is 2.25. The minimum absolute atomic E-state index is 0.101. The van der Waals surface area contributed by atoms with Gasteiger partial charge in [0.1, 0.15) is 6.04 Å². The van der Waals surface area contributed by atoms with Gasteiger partial charge in [0, 0.05) is 11.0 Å². The van der Waals surface area contributed by atoms with E-state index in [1.165, 1.54) is 51.4 Å². The number of benzene rings is 1. The zero-order valence-corrected chi connectivity index (χ0v) is 19.4. The Morgan fingerprint density at radius 2 is 1.62 bits per heavy atom. The summed E-state index contributed by atoms with van der Waals surface area (Å²) in [6.45, 7) is 3.32. The normalized spacial score (nSPS) is 16.2. The maximum atomic E-state index is 12.8. The Kier molecular flexibility index (Phi) is 11.4. The van der Waals surface area contributed by atoms with E-state index in [9.17, 15) is 9.59 Å². The molecule has 4 nitrogen and oxygen atoms in total. The van der Waals surface area contributed by atoms with Crippen LogP contribution in [0.3, 0.4) is 0 Å². The van der Waals surface area contributed by atoms with Crippen LogP contribution in [-0.4, -0.2) is 36.0 Å². The van der Waals surface area contributed by atoms with E-state index < -0.39 is 6.04 Å². The molecular formula is C24H36BrNO3. The third-order valence-electron chi connectivity index (χ3n) is 5.63. The van der Waals surface area contributed by atoms with Crippen LogP contribution in [0.2, 0.25) is 0 Å². The topological polar surface area (TPSA) is 46.6 Å². The molecule has 1 aliphatic heterocycles. The number of hydrogen-bond donors (Lipinski definition) is 0. The van der Waals surface area contributed by atoms with Crippen molar-refractivity contribution >= 4 is 27.8 Å². The van der Waals surface area contributed by atoms with Gasteiger partial charge in [0.25, 0.3) is 5.91 Å². The number of halogens is 1. The molecule has 0 radical (unpaired) electrons. The van der Waals surface area contributed by atoms with Crippen LogP contribution in [0.5, 0.6) is 0 Å². The van der Waals surface area contributed by atoms with Crippen LogP contribution in [-0.2, 0) is 9.53 Å². The highest BCUT2D eigenvalue weighted by Gasteiger charge is 2.36. The minimum atomic E-state index is -0.447. The molecule has 0 saturated carbocycles. The third-order valence-corrected chi connectivity index (χ3v) is 6.32. The van der Waals surface area contributed by atoms with E-state index in [1.54, 1.807) is 11.0 Å². The van der Waals surface area contributed by atoms with Crippen LogP contribution in [0.1, 0.15) is 94.3 Å². The number of ether oxygens (including phenoxy) is 1. The van der Waals surface area contributed by atoms with E-state index in [0.717, 1.165) is 23.7 Å². The van der Waals surface area contributed by atoms with Gasteiger partial charge in [-0.05, 0) is 47.3 Å². The number of likely N-dealkylation sites (tertiary alicyclic amines) is 1. The molecule has 162 valence electrons. The molecular weight excluding hydrogens is 430 g/mol. The molecule has 1 aromatic carbocycles. The number of unbranched alkanes of at least 4 members (excludes halogenated alkanes) is 9. The standard InChI is InChI=1S/C24H36BrNO3/c1-2-3-4-5-6-7-8-9-10-13-19-29-24(28)22-17-14-18-26(22)23(27)20-15-11-12-16-21(20)25/h11-12,15-16,22H,2-10,13-14,17-19H2,1H3. The van der Waals surface area contributed by atoms with Gasteiger partial charge in [-0.15, -0.1) is 0 Å². The molecule has 1 fully saturated rings. The molecule has 2 rings (SSSR count). The monoisotopic (exact) mass is 465 g/mol.